The predicted octanol–water partition coefficient (Wildman–Crippen LogP) is 2.26. The van der Waals surface area contributed by atoms with Crippen LogP contribution in [0.4, 0.5) is 4.79 Å². The summed E-state index contributed by atoms with van der Waals surface area (Å²) in [5, 5.41) is 9.19. The van der Waals surface area contributed by atoms with Gasteiger partial charge in [-0.05, 0) is 50.8 Å². The number of benzene rings is 1. The fourth-order valence-corrected chi connectivity index (χ4v) is 2.78. The minimum absolute atomic E-state index is 0.0902. The summed E-state index contributed by atoms with van der Waals surface area (Å²) in [6.45, 7) is 9.55. The van der Waals surface area contributed by atoms with Gasteiger partial charge < -0.3 is 25.6 Å². The van der Waals surface area contributed by atoms with Crippen LogP contribution >= 0.6 is 0 Å². The molecule has 1 unspecified atom stereocenters. The van der Waals surface area contributed by atoms with Crippen LogP contribution in [0.25, 0.3) is 0 Å². The van der Waals surface area contributed by atoms with E-state index in [1.165, 1.54) is 0 Å². The van der Waals surface area contributed by atoms with Crippen LogP contribution in [0.2, 0.25) is 0 Å². The molecular formula is C22H37N5O3. The van der Waals surface area contributed by atoms with Crippen LogP contribution in [0.1, 0.15) is 43.6 Å². The van der Waals surface area contributed by atoms with Gasteiger partial charge in [0, 0.05) is 46.3 Å². The fraction of sp³-hybridized carbons (Fsp3) is 0.591. The minimum Gasteiger partial charge on any atom is -0.444 e. The smallest absolute Gasteiger partial charge is 0.410 e. The van der Waals surface area contributed by atoms with Gasteiger partial charge in [-0.3, -0.25) is 9.79 Å². The van der Waals surface area contributed by atoms with Crippen molar-refractivity contribution >= 4 is 18.0 Å². The number of carbonyl (C=O) groups excluding carboxylic acids is 2. The van der Waals surface area contributed by atoms with E-state index in [4.69, 9.17) is 4.74 Å². The maximum Gasteiger partial charge on any atom is 0.410 e. The molecule has 0 aliphatic carbocycles. The Hall–Kier alpha value is -2.77. The zero-order valence-electron chi connectivity index (χ0n) is 19.3. The Morgan fingerprint density at radius 2 is 1.93 bits per heavy atom. The molecule has 0 bridgehead atoms. The molecule has 0 spiro atoms. The Morgan fingerprint density at radius 1 is 1.23 bits per heavy atom. The molecule has 1 atom stereocenters. The van der Waals surface area contributed by atoms with Crippen LogP contribution < -0.4 is 16.0 Å². The molecule has 0 saturated heterocycles. The maximum absolute atomic E-state index is 12.1. The van der Waals surface area contributed by atoms with E-state index in [-0.39, 0.29) is 17.9 Å². The highest BCUT2D eigenvalue weighted by molar-refractivity contribution is 5.94. The van der Waals surface area contributed by atoms with E-state index in [1.807, 2.05) is 39.0 Å². The summed E-state index contributed by atoms with van der Waals surface area (Å²) < 4.78 is 5.38. The molecule has 1 aromatic carbocycles. The molecule has 0 aliphatic rings. The van der Waals surface area contributed by atoms with Crippen LogP contribution in [-0.2, 0) is 11.2 Å². The number of guanidine groups is 1. The van der Waals surface area contributed by atoms with E-state index in [1.54, 1.807) is 32.1 Å². The van der Waals surface area contributed by atoms with Gasteiger partial charge in [0.15, 0.2) is 5.96 Å². The first kappa shape index (κ1) is 25.3. The van der Waals surface area contributed by atoms with Gasteiger partial charge in [0.1, 0.15) is 5.60 Å². The van der Waals surface area contributed by atoms with Crippen molar-refractivity contribution in [2.24, 2.45) is 10.9 Å². The van der Waals surface area contributed by atoms with Gasteiger partial charge in [-0.2, -0.15) is 0 Å². The molecule has 0 saturated carbocycles. The third-order valence-electron chi connectivity index (χ3n) is 4.25. The van der Waals surface area contributed by atoms with Crippen LogP contribution in [0.5, 0.6) is 0 Å². The van der Waals surface area contributed by atoms with Crippen molar-refractivity contribution in [3.63, 3.8) is 0 Å². The minimum atomic E-state index is -0.501. The molecule has 1 aromatic rings. The molecule has 0 radical (unpaired) electrons. The first-order valence-corrected chi connectivity index (χ1v) is 10.3. The van der Waals surface area contributed by atoms with Crippen molar-refractivity contribution < 1.29 is 14.3 Å². The normalized spacial score (nSPS) is 12.7. The molecule has 0 heterocycles. The Kier molecular flexibility index (Phi) is 10.1. The summed E-state index contributed by atoms with van der Waals surface area (Å²) in [6, 6.07) is 7.58. The molecule has 168 valence electrons. The number of ether oxygens (including phenoxy) is 1. The Morgan fingerprint density at radius 3 is 2.53 bits per heavy atom. The van der Waals surface area contributed by atoms with Crippen LogP contribution in [0.3, 0.4) is 0 Å². The van der Waals surface area contributed by atoms with E-state index in [0.717, 1.165) is 12.0 Å². The quantitative estimate of drug-likeness (QED) is 0.444. The second-order valence-corrected chi connectivity index (χ2v) is 8.38. The molecule has 8 heteroatoms. The van der Waals surface area contributed by atoms with Crippen molar-refractivity contribution in [1.82, 2.24) is 20.9 Å². The molecule has 0 fully saturated rings. The molecule has 0 aliphatic heterocycles. The number of hydrogen-bond donors (Lipinski definition) is 3. The topological polar surface area (TPSA) is 95.1 Å². The average Bonchev–Trinajstić information content (AvgIpc) is 2.68. The molecule has 3 N–H and O–H groups in total. The van der Waals surface area contributed by atoms with Crippen LogP contribution in [0, 0.1) is 5.92 Å². The van der Waals surface area contributed by atoms with Gasteiger partial charge in [0.05, 0.1) is 0 Å². The summed E-state index contributed by atoms with van der Waals surface area (Å²) in [6.07, 6.45) is 0.443. The summed E-state index contributed by atoms with van der Waals surface area (Å²) >= 11 is 0. The van der Waals surface area contributed by atoms with Gasteiger partial charge in [0.25, 0.3) is 5.91 Å². The van der Waals surface area contributed by atoms with Gasteiger partial charge in [-0.25, -0.2) is 4.79 Å². The van der Waals surface area contributed by atoms with Crippen molar-refractivity contribution in [2.75, 3.05) is 40.8 Å². The third-order valence-corrected chi connectivity index (χ3v) is 4.25. The SMILES string of the molecule is CN=C(NCCc1cccc(C(=O)NC)c1)NCC(C)CN(C)C(=O)OC(C)(C)C. The number of nitrogens with zero attached hydrogens (tertiary/aromatic N) is 2. The van der Waals surface area contributed by atoms with Crippen molar-refractivity contribution in [2.45, 2.75) is 39.7 Å². The Bertz CT molecular complexity index is 728. The van der Waals surface area contributed by atoms with Crippen molar-refractivity contribution in [3.8, 4) is 0 Å². The van der Waals surface area contributed by atoms with Crippen LogP contribution in [-0.4, -0.2) is 69.2 Å². The summed E-state index contributed by atoms with van der Waals surface area (Å²) in [5.74, 6) is 0.821. The predicted molar refractivity (Wildman–Crippen MR) is 121 cm³/mol. The largest absolute Gasteiger partial charge is 0.444 e. The fourth-order valence-electron chi connectivity index (χ4n) is 2.78. The van der Waals surface area contributed by atoms with Gasteiger partial charge >= 0.3 is 6.09 Å². The van der Waals surface area contributed by atoms with Crippen molar-refractivity contribution in [3.05, 3.63) is 35.4 Å². The van der Waals surface area contributed by atoms with E-state index in [9.17, 15) is 9.59 Å². The standard InChI is InChI=1S/C22H37N5O3/c1-16(15-27(7)21(29)30-22(2,3)4)14-26-20(24-6)25-12-11-17-9-8-10-18(13-17)19(28)23-5/h8-10,13,16H,11-12,14-15H2,1-7H3,(H,23,28)(H2,24,25,26). The number of rotatable bonds is 8. The average molecular weight is 420 g/mol. The Balaban J connectivity index is 2.41. The van der Waals surface area contributed by atoms with E-state index in [0.29, 0.717) is 31.2 Å². The first-order valence-electron chi connectivity index (χ1n) is 10.3. The van der Waals surface area contributed by atoms with E-state index < -0.39 is 5.60 Å². The zero-order valence-corrected chi connectivity index (χ0v) is 19.3. The van der Waals surface area contributed by atoms with Gasteiger partial charge in [0.2, 0.25) is 0 Å². The summed E-state index contributed by atoms with van der Waals surface area (Å²) in [7, 11) is 5.09. The number of hydrogen-bond acceptors (Lipinski definition) is 4. The summed E-state index contributed by atoms with van der Waals surface area (Å²) in [4.78, 5) is 29.6. The molecule has 1 rings (SSSR count). The lowest BCUT2D eigenvalue weighted by molar-refractivity contribution is 0.0277. The highest BCUT2D eigenvalue weighted by Crippen LogP contribution is 2.10. The lowest BCUT2D eigenvalue weighted by Crippen LogP contribution is -2.43. The van der Waals surface area contributed by atoms with Crippen molar-refractivity contribution in [1.29, 1.82) is 0 Å². The molecule has 0 aromatic heterocycles. The first-order chi connectivity index (χ1) is 14.1. The number of nitrogens with one attached hydrogen (secondary N) is 3. The lowest BCUT2D eigenvalue weighted by Gasteiger charge is -2.26. The number of carbonyl (C=O) groups is 2. The zero-order chi connectivity index (χ0) is 22.7. The van der Waals surface area contributed by atoms with Gasteiger partial charge in [-0.1, -0.05) is 19.1 Å². The third kappa shape index (κ3) is 9.62. The number of amides is 2. The monoisotopic (exact) mass is 419 g/mol. The summed E-state index contributed by atoms with van der Waals surface area (Å²) in [5.41, 5.74) is 1.23. The van der Waals surface area contributed by atoms with E-state index >= 15 is 0 Å². The lowest BCUT2D eigenvalue weighted by atomic mass is 10.1. The second kappa shape index (κ2) is 12.0. The number of aliphatic imine (C=N–C) groups is 1. The van der Waals surface area contributed by atoms with Crippen LogP contribution in [0.15, 0.2) is 29.3 Å². The molecule has 2 amide bonds. The highest BCUT2D eigenvalue weighted by atomic mass is 16.6. The van der Waals surface area contributed by atoms with E-state index in [2.05, 4.69) is 27.9 Å². The molecular weight excluding hydrogens is 382 g/mol. The second-order valence-electron chi connectivity index (χ2n) is 8.38. The molecule has 8 nitrogen and oxygen atoms in total. The van der Waals surface area contributed by atoms with Gasteiger partial charge in [-0.15, -0.1) is 0 Å². The highest BCUT2D eigenvalue weighted by Gasteiger charge is 2.20. The Labute approximate surface area is 180 Å². The maximum atomic E-state index is 12.1. The molecule has 30 heavy (non-hydrogen) atoms.